The minimum absolute atomic E-state index is 0.141. The molecule has 2 aromatic carbocycles. The summed E-state index contributed by atoms with van der Waals surface area (Å²) in [4.78, 5) is 26.7. The van der Waals surface area contributed by atoms with Gasteiger partial charge in [-0.3, -0.25) is 14.9 Å². The van der Waals surface area contributed by atoms with Crippen molar-refractivity contribution in [2.24, 2.45) is 0 Å². The molecule has 0 saturated carbocycles. The minimum atomic E-state index is -0.504. The van der Waals surface area contributed by atoms with Crippen molar-refractivity contribution in [2.45, 2.75) is 35.1 Å². The Hall–Kier alpha value is -2.45. The Balaban J connectivity index is 1.66. The first kappa shape index (κ1) is 20.3. The fourth-order valence-corrected chi connectivity index (χ4v) is 4.22. The third-order valence-electron chi connectivity index (χ3n) is 4.89. The average molecular weight is 403 g/mol. The molecule has 8 heteroatoms. The van der Waals surface area contributed by atoms with E-state index in [0.29, 0.717) is 22.4 Å². The Kier molecular flexibility index (Phi) is 6.64. The number of nitro groups is 1. The topological polar surface area (TPSA) is 75.5 Å². The standard InChI is InChI=1S/C20H22FN3O3S/c1-23-12-2-3-16(23)10-11-22-20(25)14-4-9-19(18(13-14)24(26)27)28-17-7-5-15(21)6-8-17/h4-9,13,16H,2-3,10-12H2,1H3,(H,22,25). The molecular formula is C20H22FN3O3S. The molecule has 6 nitrogen and oxygen atoms in total. The number of nitrogens with zero attached hydrogens (tertiary/aromatic N) is 2. The van der Waals surface area contributed by atoms with Crippen LogP contribution >= 0.6 is 11.8 Å². The highest BCUT2D eigenvalue weighted by atomic mass is 32.2. The summed E-state index contributed by atoms with van der Waals surface area (Å²) in [7, 11) is 2.08. The summed E-state index contributed by atoms with van der Waals surface area (Å²) in [5.74, 6) is -0.684. The third-order valence-corrected chi connectivity index (χ3v) is 5.97. The van der Waals surface area contributed by atoms with E-state index in [0.717, 1.165) is 31.1 Å². The average Bonchev–Trinajstić information content (AvgIpc) is 3.08. The van der Waals surface area contributed by atoms with Crippen LogP contribution in [0, 0.1) is 15.9 Å². The van der Waals surface area contributed by atoms with Gasteiger partial charge in [0.15, 0.2) is 0 Å². The largest absolute Gasteiger partial charge is 0.352 e. The van der Waals surface area contributed by atoms with Crippen molar-refractivity contribution < 1.29 is 14.1 Å². The highest BCUT2D eigenvalue weighted by Crippen LogP contribution is 2.35. The maximum Gasteiger partial charge on any atom is 0.284 e. The van der Waals surface area contributed by atoms with Gasteiger partial charge in [-0.25, -0.2) is 4.39 Å². The lowest BCUT2D eigenvalue weighted by atomic mass is 10.1. The molecule has 1 aliphatic rings. The quantitative estimate of drug-likeness (QED) is 0.556. The molecule has 3 rings (SSSR count). The molecule has 0 aliphatic carbocycles. The van der Waals surface area contributed by atoms with Crippen LogP contribution in [0.25, 0.3) is 0 Å². The maximum absolute atomic E-state index is 13.0. The van der Waals surface area contributed by atoms with E-state index < -0.39 is 4.92 Å². The molecule has 28 heavy (non-hydrogen) atoms. The van der Waals surface area contributed by atoms with E-state index in [9.17, 15) is 19.3 Å². The second-order valence-corrected chi connectivity index (χ2v) is 7.93. The lowest BCUT2D eigenvalue weighted by molar-refractivity contribution is -0.387. The number of benzene rings is 2. The second kappa shape index (κ2) is 9.16. The lowest BCUT2D eigenvalue weighted by Crippen LogP contribution is -2.31. The van der Waals surface area contributed by atoms with Crippen LogP contribution in [0.4, 0.5) is 10.1 Å². The van der Waals surface area contributed by atoms with Crippen LogP contribution in [0.15, 0.2) is 52.3 Å². The highest BCUT2D eigenvalue weighted by Gasteiger charge is 2.21. The van der Waals surface area contributed by atoms with Crippen molar-refractivity contribution in [3.05, 3.63) is 64.0 Å². The molecule has 1 amide bonds. The predicted molar refractivity (Wildman–Crippen MR) is 106 cm³/mol. The number of amides is 1. The van der Waals surface area contributed by atoms with Crippen molar-refractivity contribution in [1.29, 1.82) is 0 Å². The molecule has 1 aliphatic heterocycles. The van der Waals surface area contributed by atoms with Crippen molar-refractivity contribution >= 4 is 23.4 Å². The fraction of sp³-hybridized carbons (Fsp3) is 0.350. The third kappa shape index (κ3) is 5.08. The number of halogens is 1. The first-order chi connectivity index (χ1) is 13.4. The normalized spacial score (nSPS) is 16.9. The molecule has 2 aromatic rings. The fourth-order valence-electron chi connectivity index (χ4n) is 3.32. The Morgan fingerprint density at radius 1 is 1.32 bits per heavy atom. The molecule has 0 spiro atoms. The molecule has 0 radical (unpaired) electrons. The number of carbonyl (C=O) groups excluding carboxylic acids is 1. The zero-order valence-electron chi connectivity index (χ0n) is 15.6. The SMILES string of the molecule is CN1CCCC1CCNC(=O)c1ccc(Sc2ccc(F)cc2)c([N+](=O)[O-])c1. The number of nitro benzene ring substituents is 1. The lowest BCUT2D eigenvalue weighted by Gasteiger charge is -2.19. The van der Waals surface area contributed by atoms with E-state index in [2.05, 4.69) is 17.3 Å². The number of nitrogens with one attached hydrogen (secondary N) is 1. The van der Waals surface area contributed by atoms with Crippen molar-refractivity contribution in [2.75, 3.05) is 20.1 Å². The van der Waals surface area contributed by atoms with Crippen LogP contribution in [0.5, 0.6) is 0 Å². The van der Waals surface area contributed by atoms with Crippen molar-refractivity contribution in [1.82, 2.24) is 10.2 Å². The van der Waals surface area contributed by atoms with Crippen LogP contribution in [-0.4, -0.2) is 41.9 Å². The van der Waals surface area contributed by atoms with Gasteiger partial charge in [0, 0.05) is 29.1 Å². The molecular weight excluding hydrogens is 381 g/mol. The van der Waals surface area contributed by atoms with Gasteiger partial charge in [-0.1, -0.05) is 11.8 Å². The maximum atomic E-state index is 13.0. The van der Waals surface area contributed by atoms with Gasteiger partial charge >= 0.3 is 0 Å². The number of likely N-dealkylation sites (tertiary alicyclic amines) is 1. The van der Waals surface area contributed by atoms with Gasteiger partial charge in [-0.15, -0.1) is 0 Å². The molecule has 1 atom stereocenters. The van der Waals surface area contributed by atoms with Crippen molar-refractivity contribution in [3.8, 4) is 0 Å². The second-order valence-electron chi connectivity index (χ2n) is 6.82. The van der Waals surface area contributed by atoms with Gasteiger partial charge < -0.3 is 10.2 Å². The Labute approximate surface area is 167 Å². The molecule has 148 valence electrons. The Morgan fingerprint density at radius 3 is 2.71 bits per heavy atom. The van der Waals surface area contributed by atoms with Crippen LogP contribution in [0.3, 0.4) is 0 Å². The first-order valence-corrected chi connectivity index (χ1v) is 9.96. The smallest absolute Gasteiger partial charge is 0.284 e. The summed E-state index contributed by atoms with van der Waals surface area (Å²) < 4.78 is 13.0. The number of hydrogen-bond donors (Lipinski definition) is 1. The Bertz CT molecular complexity index is 860. The Morgan fingerprint density at radius 2 is 2.07 bits per heavy atom. The van der Waals surface area contributed by atoms with E-state index in [-0.39, 0.29) is 23.0 Å². The van der Waals surface area contributed by atoms with E-state index in [1.165, 1.54) is 24.6 Å². The van der Waals surface area contributed by atoms with E-state index in [4.69, 9.17) is 0 Å². The molecule has 1 unspecified atom stereocenters. The summed E-state index contributed by atoms with van der Waals surface area (Å²) in [6, 6.07) is 10.6. The number of hydrogen-bond acceptors (Lipinski definition) is 5. The van der Waals surface area contributed by atoms with Crippen LogP contribution in [0.2, 0.25) is 0 Å². The molecule has 1 heterocycles. The minimum Gasteiger partial charge on any atom is -0.352 e. The molecule has 1 saturated heterocycles. The van der Waals surface area contributed by atoms with E-state index in [1.54, 1.807) is 24.3 Å². The summed E-state index contributed by atoms with van der Waals surface area (Å²) >= 11 is 1.16. The van der Waals surface area contributed by atoms with Gasteiger partial charge in [0.1, 0.15) is 5.82 Å². The van der Waals surface area contributed by atoms with E-state index >= 15 is 0 Å². The van der Waals surface area contributed by atoms with Crippen LogP contribution < -0.4 is 5.32 Å². The summed E-state index contributed by atoms with van der Waals surface area (Å²) in [5, 5.41) is 14.3. The van der Waals surface area contributed by atoms with Gasteiger partial charge in [0.25, 0.3) is 11.6 Å². The van der Waals surface area contributed by atoms with Crippen LogP contribution in [0.1, 0.15) is 29.6 Å². The van der Waals surface area contributed by atoms with Gasteiger partial charge in [0.05, 0.1) is 9.82 Å². The van der Waals surface area contributed by atoms with Gasteiger partial charge in [-0.2, -0.15) is 0 Å². The van der Waals surface area contributed by atoms with Gasteiger partial charge in [0.2, 0.25) is 0 Å². The first-order valence-electron chi connectivity index (χ1n) is 9.14. The number of carbonyl (C=O) groups is 1. The monoisotopic (exact) mass is 403 g/mol. The molecule has 1 N–H and O–H groups in total. The molecule has 1 fully saturated rings. The zero-order valence-corrected chi connectivity index (χ0v) is 16.4. The molecule has 0 bridgehead atoms. The van der Waals surface area contributed by atoms with E-state index in [1.807, 2.05) is 0 Å². The van der Waals surface area contributed by atoms with Crippen LogP contribution in [-0.2, 0) is 0 Å². The molecule has 0 aromatic heterocycles. The summed E-state index contributed by atoms with van der Waals surface area (Å²) in [5.41, 5.74) is 0.118. The zero-order chi connectivity index (χ0) is 20.1. The summed E-state index contributed by atoms with van der Waals surface area (Å²) in [6.45, 7) is 1.62. The van der Waals surface area contributed by atoms with Crippen molar-refractivity contribution in [3.63, 3.8) is 0 Å². The highest BCUT2D eigenvalue weighted by molar-refractivity contribution is 7.99. The predicted octanol–water partition coefficient (Wildman–Crippen LogP) is 4.10. The van der Waals surface area contributed by atoms with Gasteiger partial charge in [-0.05, 0) is 69.3 Å². The number of rotatable bonds is 7. The summed E-state index contributed by atoms with van der Waals surface area (Å²) in [6.07, 6.45) is 3.17.